The van der Waals surface area contributed by atoms with Crippen LogP contribution in [-0.4, -0.2) is 35.1 Å². The quantitative estimate of drug-likeness (QED) is 0.758. The van der Waals surface area contributed by atoms with Crippen molar-refractivity contribution in [1.82, 2.24) is 4.90 Å². The summed E-state index contributed by atoms with van der Waals surface area (Å²) in [6.45, 7) is 7.70. The lowest BCUT2D eigenvalue weighted by Crippen LogP contribution is -2.43. The number of aliphatic carboxylic acids is 1. The van der Waals surface area contributed by atoms with Crippen LogP contribution in [0.2, 0.25) is 0 Å². The van der Waals surface area contributed by atoms with Crippen LogP contribution < -0.4 is 0 Å². The second kappa shape index (κ2) is 7.78. The van der Waals surface area contributed by atoms with E-state index in [0.29, 0.717) is 12.0 Å². The highest BCUT2D eigenvalue weighted by Gasteiger charge is 2.26. The van der Waals surface area contributed by atoms with E-state index in [-0.39, 0.29) is 6.54 Å². The Balaban J connectivity index is 2.46. The fourth-order valence-corrected chi connectivity index (χ4v) is 3.19. The van der Waals surface area contributed by atoms with Gasteiger partial charge in [-0.25, -0.2) is 0 Å². The second-order valence-corrected chi connectivity index (χ2v) is 6.18. The molecule has 0 aromatic carbocycles. The molecule has 3 heteroatoms. The Morgan fingerprint density at radius 1 is 1.28 bits per heavy atom. The molecule has 1 saturated carbocycles. The van der Waals surface area contributed by atoms with Gasteiger partial charge in [0, 0.05) is 12.6 Å². The lowest BCUT2D eigenvalue weighted by Gasteiger charge is -2.37. The summed E-state index contributed by atoms with van der Waals surface area (Å²) in [7, 11) is 0. The SMILES string of the molecule is CCCC1CCC(N(CC(=O)O)CC(C)C)CC1. The highest BCUT2D eigenvalue weighted by Crippen LogP contribution is 2.30. The van der Waals surface area contributed by atoms with Gasteiger partial charge in [0.1, 0.15) is 0 Å². The first-order chi connectivity index (χ1) is 8.52. The minimum Gasteiger partial charge on any atom is -0.480 e. The van der Waals surface area contributed by atoms with Gasteiger partial charge >= 0.3 is 5.97 Å². The predicted molar refractivity (Wildman–Crippen MR) is 74.7 cm³/mol. The number of nitrogens with zero attached hydrogens (tertiary/aromatic N) is 1. The van der Waals surface area contributed by atoms with Crippen LogP contribution >= 0.6 is 0 Å². The molecule has 0 aromatic heterocycles. The average Bonchev–Trinajstić information content (AvgIpc) is 2.28. The number of rotatable bonds is 7. The van der Waals surface area contributed by atoms with Gasteiger partial charge in [-0.15, -0.1) is 0 Å². The zero-order valence-electron chi connectivity index (χ0n) is 12.2. The maximum absolute atomic E-state index is 11.0. The number of hydrogen-bond donors (Lipinski definition) is 1. The molecule has 0 aromatic rings. The molecule has 0 radical (unpaired) electrons. The highest BCUT2D eigenvalue weighted by atomic mass is 16.4. The second-order valence-electron chi connectivity index (χ2n) is 6.18. The summed E-state index contributed by atoms with van der Waals surface area (Å²) in [5.74, 6) is 0.737. The van der Waals surface area contributed by atoms with Crippen molar-refractivity contribution >= 4 is 5.97 Å². The first-order valence-electron chi connectivity index (χ1n) is 7.48. The molecular formula is C15H29NO2. The van der Waals surface area contributed by atoms with E-state index in [1.54, 1.807) is 0 Å². The van der Waals surface area contributed by atoms with Crippen LogP contribution in [0.15, 0.2) is 0 Å². The minimum atomic E-state index is -0.689. The molecule has 0 amide bonds. The molecule has 1 N–H and O–H groups in total. The summed E-state index contributed by atoms with van der Waals surface area (Å²) >= 11 is 0. The van der Waals surface area contributed by atoms with Crippen LogP contribution in [0, 0.1) is 11.8 Å². The molecule has 0 bridgehead atoms. The largest absolute Gasteiger partial charge is 0.480 e. The molecule has 0 unspecified atom stereocenters. The molecule has 0 aliphatic heterocycles. The van der Waals surface area contributed by atoms with Gasteiger partial charge in [0.15, 0.2) is 0 Å². The Kier molecular flexibility index (Phi) is 6.69. The van der Waals surface area contributed by atoms with Crippen molar-refractivity contribution in [2.75, 3.05) is 13.1 Å². The first kappa shape index (κ1) is 15.5. The van der Waals surface area contributed by atoms with E-state index in [4.69, 9.17) is 5.11 Å². The number of hydrogen-bond acceptors (Lipinski definition) is 2. The lowest BCUT2D eigenvalue weighted by atomic mass is 9.83. The lowest BCUT2D eigenvalue weighted by molar-refractivity contribution is -0.139. The normalized spacial score (nSPS) is 24.7. The summed E-state index contributed by atoms with van der Waals surface area (Å²) in [4.78, 5) is 13.1. The zero-order chi connectivity index (χ0) is 13.5. The average molecular weight is 255 g/mol. The van der Waals surface area contributed by atoms with Crippen molar-refractivity contribution in [3.8, 4) is 0 Å². The fourth-order valence-electron chi connectivity index (χ4n) is 3.19. The maximum Gasteiger partial charge on any atom is 0.317 e. The molecule has 1 aliphatic carbocycles. The van der Waals surface area contributed by atoms with E-state index in [0.717, 1.165) is 12.5 Å². The van der Waals surface area contributed by atoms with Crippen LogP contribution in [-0.2, 0) is 4.79 Å². The van der Waals surface area contributed by atoms with E-state index in [1.807, 2.05) is 0 Å². The Morgan fingerprint density at radius 3 is 2.33 bits per heavy atom. The molecule has 1 fully saturated rings. The van der Waals surface area contributed by atoms with Crippen LogP contribution in [0.1, 0.15) is 59.3 Å². The summed E-state index contributed by atoms with van der Waals surface area (Å²) in [6.07, 6.45) is 7.56. The Morgan fingerprint density at radius 2 is 1.89 bits per heavy atom. The molecule has 106 valence electrons. The maximum atomic E-state index is 11.0. The molecule has 18 heavy (non-hydrogen) atoms. The molecule has 1 aliphatic rings. The smallest absolute Gasteiger partial charge is 0.317 e. The number of carboxylic acids is 1. The zero-order valence-corrected chi connectivity index (χ0v) is 12.2. The van der Waals surface area contributed by atoms with E-state index >= 15 is 0 Å². The Bertz CT molecular complexity index is 245. The first-order valence-corrected chi connectivity index (χ1v) is 7.48. The van der Waals surface area contributed by atoms with Gasteiger partial charge in [0.25, 0.3) is 0 Å². The van der Waals surface area contributed by atoms with Crippen LogP contribution in [0.3, 0.4) is 0 Å². The van der Waals surface area contributed by atoms with Crippen LogP contribution in [0.4, 0.5) is 0 Å². The predicted octanol–water partition coefficient (Wildman–Crippen LogP) is 3.39. The Hall–Kier alpha value is -0.570. The van der Waals surface area contributed by atoms with Gasteiger partial charge in [-0.05, 0) is 37.5 Å². The van der Waals surface area contributed by atoms with Crippen LogP contribution in [0.5, 0.6) is 0 Å². The van der Waals surface area contributed by atoms with Gasteiger partial charge in [-0.2, -0.15) is 0 Å². The van der Waals surface area contributed by atoms with Crippen molar-refractivity contribution in [2.24, 2.45) is 11.8 Å². The third kappa shape index (κ3) is 5.38. The minimum absolute atomic E-state index is 0.210. The van der Waals surface area contributed by atoms with Gasteiger partial charge in [-0.3, -0.25) is 9.69 Å². The fraction of sp³-hybridized carbons (Fsp3) is 0.933. The third-order valence-electron chi connectivity index (χ3n) is 3.97. The number of carbonyl (C=O) groups is 1. The van der Waals surface area contributed by atoms with E-state index in [1.165, 1.54) is 38.5 Å². The Labute approximate surface area is 112 Å². The molecule has 0 heterocycles. The molecule has 3 nitrogen and oxygen atoms in total. The van der Waals surface area contributed by atoms with Crippen molar-refractivity contribution in [3.63, 3.8) is 0 Å². The van der Waals surface area contributed by atoms with E-state index < -0.39 is 5.97 Å². The van der Waals surface area contributed by atoms with Crippen molar-refractivity contribution in [2.45, 2.75) is 65.3 Å². The summed E-state index contributed by atoms with van der Waals surface area (Å²) in [5, 5.41) is 9.02. The molecule has 0 spiro atoms. The molecule has 0 saturated heterocycles. The van der Waals surface area contributed by atoms with E-state index in [9.17, 15) is 4.79 Å². The van der Waals surface area contributed by atoms with E-state index in [2.05, 4.69) is 25.7 Å². The molecule has 0 atom stereocenters. The van der Waals surface area contributed by atoms with Gasteiger partial charge in [0.2, 0.25) is 0 Å². The monoisotopic (exact) mass is 255 g/mol. The summed E-state index contributed by atoms with van der Waals surface area (Å²) < 4.78 is 0. The highest BCUT2D eigenvalue weighted by molar-refractivity contribution is 5.69. The standard InChI is InChI=1S/C15H29NO2/c1-4-5-13-6-8-14(9-7-13)16(10-12(2)3)11-15(17)18/h12-14H,4-11H2,1-3H3,(H,17,18). The van der Waals surface area contributed by atoms with Crippen molar-refractivity contribution < 1.29 is 9.90 Å². The van der Waals surface area contributed by atoms with Crippen LogP contribution in [0.25, 0.3) is 0 Å². The van der Waals surface area contributed by atoms with Gasteiger partial charge < -0.3 is 5.11 Å². The molecule has 1 rings (SSSR count). The number of carboxylic acid groups (broad SMARTS) is 1. The van der Waals surface area contributed by atoms with Gasteiger partial charge in [-0.1, -0.05) is 33.6 Å². The van der Waals surface area contributed by atoms with Crippen molar-refractivity contribution in [1.29, 1.82) is 0 Å². The summed E-state index contributed by atoms with van der Waals surface area (Å²) in [6, 6.07) is 0.497. The summed E-state index contributed by atoms with van der Waals surface area (Å²) in [5.41, 5.74) is 0. The molecular weight excluding hydrogens is 226 g/mol. The third-order valence-corrected chi connectivity index (χ3v) is 3.97. The van der Waals surface area contributed by atoms with Gasteiger partial charge in [0.05, 0.1) is 6.54 Å². The topological polar surface area (TPSA) is 40.5 Å². The van der Waals surface area contributed by atoms with Crippen molar-refractivity contribution in [3.05, 3.63) is 0 Å².